The van der Waals surface area contributed by atoms with Gasteiger partial charge in [-0.25, -0.2) is 0 Å². The Labute approximate surface area is 101 Å². The van der Waals surface area contributed by atoms with E-state index in [1.807, 2.05) is 12.3 Å². The van der Waals surface area contributed by atoms with Crippen molar-refractivity contribution in [2.24, 2.45) is 0 Å². The van der Waals surface area contributed by atoms with Crippen molar-refractivity contribution in [1.82, 2.24) is 10.3 Å². The Kier molecular flexibility index (Phi) is 3.88. The van der Waals surface area contributed by atoms with E-state index in [0.29, 0.717) is 0 Å². The van der Waals surface area contributed by atoms with Gasteiger partial charge in [0.25, 0.3) is 0 Å². The monoisotopic (exact) mass is 282 g/mol. The molecule has 0 spiro atoms. The van der Waals surface area contributed by atoms with Crippen molar-refractivity contribution >= 4 is 27.3 Å². The van der Waals surface area contributed by atoms with Crippen LogP contribution < -0.4 is 5.32 Å². The van der Waals surface area contributed by atoms with Gasteiger partial charge in [0.2, 0.25) is 0 Å². The van der Waals surface area contributed by atoms with Crippen LogP contribution in [0.1, 0.15) is 10.4 Å². The third-order valence-corrected chi connectivity index (χ3v) is 3.95. The molecule has 0 aliphatic carbocycles. The van der Waals surface area contributed by atoms with Crippen LogP contribution in [0.15, 0.2) is 40.4 Å². The Morgan fingerprint density at radius 1 is 1.33 bits per heavy atom. The van der Waals surface area contributed by atoms with Crippen molar-refractivity contribution in [3.8, 4) is 0 Å². The Bertz CT molecular complexity index is 414. The van der Waals surface area contributed by atoms with Gasteiger partial charge in [0.05, 0.1) is 0 Å². The average molecular weight is 283 g/mol. The summed E-state index contributed by atoms with van der Waals surface area (Å²) in [4.78, 5) is 5.40. The first-order valence-electron chi connectivity index (χ1n) is 4.68. The maximum Gasteiger partial charge on any atom is 0.0327 e. The lowest BCUT2D eigenvalue weighted by molar-refractivity contribution is 0.697. The lowest BCUT2D eigenvalue weighted by Gasteiger charge is -2.03. The molecule has 0 atom stereocenters. The molecule has 2 rings (SSSR count). The van der Waals surface area contributed by atoms with Crippen molar-refractivity contribution in [3.63, 3.8) is 0 Å². The molecule has 15 heavy (non-hydrogen) atoms. The number of hydrogen-bond acceptors (Lipinski definition) is 3. The molecule has 0 fully saturated rings. The summed E-state index contributed by atoms with van der Waals surface area (Å²) in [7, 11) is 0. The van der Waals surface area contributed by atoms with Crippen LogP contribution in [-0.4, -0.2) is 4.98 Å². The summed E-state index contributed by atoms with van der Waals surface area (Å²) >= 11 is 5.27. The molecule has 0 unspecified atom stereocenters. The summed E-state index contributed by atoms with van der Waals surface area (Å²) in [5, 5.41) is 5.47. The third kappa shape index (κ3) is 3.12. The number of halogens is 1. The Morgan fingerprint density at radius 2 is 2.27 bits per heavy atom. The van der Waals surface area contributed by atoms with Gasteiger partial charge in [0.15, 0.2) is 0 Å². The fourth-order valence-electron chi connectivity index (χ4n) is 1.27. The predicted octanol–water partition coefficient (Wildman–Crippen LogP) is 3.20. The summed E-state index contributed by atoms with van der Waals surface area (Å²) in [5.41, 5.74) is 1.21. The molecule has 0 aromatic carbocycles. The van der Waals surface area contributed by atoms with E-state index in [4.69, 9.17) is 0 Å². The van der Waals surface area contributed by atoms with Gasteiger partial charge in [0.1, 0.15) is 0 Å². The first-order chi connectivity index (χ1) is 7.36. The van der Waals surface area contributed by atoms with Crippen molar-refractivity contribution in [2.75, 3.05) is 0 Å². The van der Waals surface area contributed by atoms with Crippen molar-refractivity contribution in [1.29, 1.82) is 0 Å². The number of thiophene rings is 1. The van der Waals surface area contributed by atoms with Gasteiger partial charge in [0, 0.05) is 34.8 Å². The molecule has 0 radical (unpaired) electrons. The van der Waals surface area contributed by atoms with Crippen LogP contribution in [0.2, 0.25) is 0 Å². The molecule has 1 N–H and O–H groups in total. The molecule has 2 nitrogen and oxygen atoms in total. The number of pyridine rings is 1. The fourth-order valence-corrected chi connectivity index (χ4v) is 2.74. The predicted molar refractivity (Wildman–Crippen MR) is 66.8 cm³/mol. The molecule has 0 saturated carbocycles. The van der Waals surface area contributed by atoms with E-state index in [1.165, 1.54) is 14.9 Å². The first kappa shape index (κ1) is 10.8. The summed E-state index contributed by atoms with van der Waals surface area (Å²) in [6, 6.07) is 6.10. The first-order valence-corrected chi connectivity index (χ1v) is 6.35. The highest BCUT2D eigenvalue weighted by molar-refractivity contribution is 9.10. The van der Waals surface area contributed by atoms with Crippen molar-refractivity contribution in [2.45, 2.75) is 13.1 Å². The van der Waals surface area contributed by atoms with Crippen LogP contribution in [-0.2, 0) is 13.1 Å². The van der Waals surface area contributed by atoms with E-state index in [-0.39, 0.29) is 0 Å². The van der Waals surface area contributed by atoms with Gasteiger partial charge in [-0.05, 0) is 39.0 Å². The van der Waals surface area contributed by atoms with Crippen LogP contribution in [0.3, 0.4) is 0 Å². The molecule has 0 saturated heterocycles. The molecular formula is C11H11BrN2S. The van der Waals surface area contributed by atoms with Gasteiger partial charge in [-0.2, -0.15) is 0 Å². The highest BCUT2D eigenvalue weighted by atomic mass is 79.9. The molecule has 2 aromatic heterocycles. The molecule has 4 heteroatoms. The standard InChI is InChI=1S/C11H11BrN2S/c12-10-3-5-15-11(10)8-14-7-9-2-1-4-13-6-9/h1-6,14H,7-8H2. The molecule has 2 aromatic rings. The molecule has 2 heterocycles. The van der Waals surface area contributed by atoms with E-state index < -0.39 is 0 Å². The zero-order chi connectivity index (χ0) is 10.5. The lowest BCUT2D eigenvalue weighted by atomic mass is 10.3. The zero-order valence-corrected chi connectivity index (χ0v) is 10.5. The highest BCUT2D eigenvalue weighted by Gasteiger charge is 2.00. The van der Waals surface area contributed by atoms with E-state index in [9.17, 15) is 0 Å². The number of nitrogens with one attached hydrogen (secondary N) is 1. The second kappa shape index (κ2) is 5.39. The zero-order valence-electron chi connectivity index (χ0n) is 8.11. The summed E-state index contributed by atoms with van der Waals surface area (Å²) < 4.78 is 1.19. The Morgan fingerprint density at radius 3 is 2.93 bits per heavy atom. The Hall–Kier alpha value is -0.710. The molecule has 78 valence electrons. The minimum atomic E-state index is 0.859. The number of nitrogens with zero attached hydrogens (tertiary/aromatic N) is 1. The minimum Gasteiger partial charge on any atom is -0.308 e. The summed E-state index contributed by atoms with van der Waals surface area (Å²) in [6.45, 7) is 1.76. The molecule has 0 bridgehead atoms. The quantitative estimate of drug-likeness (QED) is 0.932. The molecule has 0 aliphatic heterocycles. The number of hydrogen-bond donors (Lipinski definition) is 1. The fraction of sp³-hybridized carbons (Fsp3) is 0.182. The van der Waals surface area contributed by atoms with Crippen LogP contribution >= 0.6 is 27.3 Å². The van der Waals surface area contributed by atoms with Crippen molar-refractivity contribution in [3.05, 3.63) is 50.9 Å². The van der Waals surface area contributed by atoms with Gasteiger partial charge in [-0.3, -0.25) is 4.98 Å². The second-order valence-corrected chi connectivity index (χ2v) is 5.01. The van der Waals surface area contributed by atoms with Crippen LogP contribution in [0.25, 0.3) is 0 Å². The summed E-state index contributed by atoms with van der Waals surface area (Å²) in [5.74, 6) is 0. The third-order valence-electron chi connectivity index (χ3n) is 2.03. The number of aromatic nitrogens is 1. The summed E-state index contributed by atoms with van der Waals surface area (Å²) in [6.07, 6.45) is 3.68. The maximum absolute atomic E-state index is 4.07. The average Bonchev–Trinajstić information content (AvgIpc) is 2.66. The smallest absolute Gasteiger partial charge is 0.0327 e. The van der Waals surface area contributed by atoms with Crippen LogP contribution in [0.5, 0.6) is 0 Å². The Balaban J connectivity index is 1.83. The van der Waals surface area contributed by atoms with Gasteiger partial charge in [-0.15, -0.1) is 11.3 Å². The van der Waals surface area contributed by atoms with E-state index in [1.54, 1.807) is 17.5 Å². The maximum atomic E-state index is 4.07. The molecule has 0 amide bonds. The van der Waals surface area contributed by atoms with Gasteiger partial charge in [-0.1, -0.05) is 6.07 Å². The SMILES string of the molecule is Brc1ccsc1CNCc1cccnc1. The van der Waals surface area contributed by atoms with Crippen LogP contribution in [0.4, 0.5) is 0 Å². The lowest BCUT2D eigenvalue weighted by Crippen LogP contribution is -2.12. The highest BCUT2D eigenvalue weighted by Crippen LogP contribution is 2.22. The van der Waals surface area contributed by atoms with E-state index in [2.05, 4.69) is 43.7 Å². The number of rotatable bonds is 4. The van der Waals surface area contributed by atoms with E-state index >= 15 is 0 Å². The van der Waals surface area contributed by atoms with Gasteiger partial charge < -0.3 is 5.32 Å². The largest absolute Gasteiger partial charge is 0.308 e. The van der Waals surface area contributed by atoms with Gasteiger partial charge >= 0.3 is 0 Å². The van der Waals surface area contributed by atoms with Crippen LogP contribution in [0, 0.1) is 0 Å². The molecular weight excluding hydrogens is 272 g/mol. The second-order valence-electron chi connectivity index (χ2n) is 3.16. The van der Waals surface area contributed by atoms with E-state index in [0.717, 1.165) is 13.1 Å². The molecule has 0 aliphatic rings. The topological polar surface area (TPSA) is 24.9 Å². The van der Waals surface area contributed by atoms with Crippen molar-refractivity contribution < 1.29 is 0 Å². The normalized spacial score (nSPS) is 10.5. The minimum absolute atomic E-state index is 0.859.